The summed E-state index contributed by atoms with van der Waals surface area (Å²) < 4.78 is 0. The Bertz CT molecular complexity index is 402. The summed E-state index contributed by atoms with van der Waals surface area (Å²) in [6.45, 7) is 13.4. The Balaban J connectivity index is 3.81. The summed E-state index contributed by atoms with van der Waals surface area (Å²) in [5.41, 5.74) is 0. The van der Waals surface area contributed by atoms with Crippen LogP contribution in [0.25, 0.3) is 0 Å². The first-order valence-electron chi connectivity index (χ1n) is 9.83. The zero-order valence-corrected chi connectivity index (χ0v) is 19.3. The van der Waals surface area contributed by atoms with Gasteiger partial charge in [-0.2, -0.15) is 0 Å². The minimum atomic E-state index is -2.13. The van der Waals surface area contributed by atoms with Crippen LogP contribution >= 0.6 is 0 Å². The molecule has 148 valence electrons. The molecule has 0 aliphatic rings. The van der Waals surface area contributed by atoms with Crippen LogP contribution < -0.4 is 10.6 Å². The number of rotatable bonds is 13. The minimum Gasteiger partial charge on any atom is -0.432 e. The molecule has 0 fully saturated rings. The van der Waals surface area contributed by atoms with Gasteiger partial charge in [0.2, 0.25) is 11.8 Å². The molecule has 3 N–H and O–H groups in total. The predicted molar refractivity (Wildman–Crippen MR) is 111 cm³/mol. The van der Waals surface area contributed by atoms with Crippen LogP contribution in [0.1, 0.15) is 40.5 Å². The first kappa shape index (κ1) is 24.3. The van der Waals surface area contributed by atoms with Gasteiger partial charge in [-0.3, -0.25) is 9.59 Å². The molecule has 0 bridgehead atoms. The molecule has 5 nitrogen and oxygen atoms in total. The predicted octanol–water partition coefficient (Wildman–Crippen LogP) is 2.74. The molecule has 2 atom stereocenters. The fourth-order valence-corrected chi connectivity index (χ4v) is 9.41. The van der Waals surface area contributed by atoms with E-state index in [0.29, 0.717) is 6.54 Å². The summed E-state index contributed by atoms with van der Waals surface area (Å²) in [7, 11) is -2.94. The first-order chi connectivity index (χ1) is 11.5. The van der Waals surface area contributed by atoms with Crippen LogP contribution in [-0.4, -0.2) is 46.8 Å². The molecular formula is C18H40N2O3Si2. The molecule has 7 heteroatoms. The number of amides is 2. The lowest BCUT2D eigenvalue weighted by molar-refractivity contribution is -0.124. The molecule has 25 heavy (non-hydrogen) atoms. The quantitative estimate of drug-likeness (QED) is 0.335. The van der Waals surface area contributed by atoms with Crippen LogP contribution in [0, 0.1) is 11.8 Å². The van der Waals surface area contributed by atoms with E-state index in [1.54, 1.807) is 0 Å². The highest BCUT2D eigenvalue weighted by molar-refractivity contribution is 6.73. The van der Waals surface area contributed by atoms with E-state index in [2.05, 4.69) is 17.2 Å². The van der Waals surface area contributed by atoms with Crippen molar-refractivity contribution in [3.8, 4) is 0 Å². The Morgan fingerprint density at radius 2 is 1.40 bits per heavy atom. The van der Waals surface area contributed by atoms with Gasteiger partial charge >= 0.3 is 0 Å². The molecule has 0 aromatic heterocycles. The maximum Gasteiger partial charge on any atom is 0.222 e. The lowest BCUT2D eigenvalue weighted by atomic mass is 10.2. The first-order valence-corrected chi connectivity index (χ1v) is 15.5. The van der Waals surface area contributed by atoms with Gasteiger partial charge in [0.25, 0.3) is 0 Å². The van der Waals surface area contributed by atoms with Crippen molar-refractivity contribution in [3.05, 3.63) is 0 Å². The number of nitrogens with one attached hydrogen (secondary N) is 2. The number of hydrogen-bond acceptors (Lipinski definition) is 3. The lowest BCUT2D eigenvalue weighted by Gasteiger charge is -2.22. The minimum absolute atomic E-state index is 0.0231. The molecule has 0 aromatic rings. The van der Waals surface area contributed by atoms with E-state index in [-0.39, 0.29) is 23.7 Å². The van der Waals surface area contributed by atoms with Crippen molar-refractivity contribution in [1.82, 2.24) is 10.6 Å². The van der Waals surface area contributed by atoms with Crippen LogP contribution in [0.2, 0.25) is 37.3 Å². The van der Waals surface area contributed by atoms with E-state index in [0.717, 1.165) is 31.5 Å². The molecule has 2 unspecified atom stereocenters. The highest BCUT2D eigenvalue weighted by Crippen LogP contribution is 2.19. The van der Waals surface area contributed by atoms with Crippen LogP contribution in [0.15, 0.2) is 0 Å². The van der Waals surface area contributed by atoms with Crippen molar-refractivity contribution in [1.29, 1.82) is 0 Å². The van der Waals surface area contributed by atoms with Crippen molar-refractivity contribution in [2.45, 2.75) is 77.8 Å². The summed E-state index contributed by atoms with van der Waals surface area (Å²) in [6, 6.07) is 4.22. The van der Waals surface area contributed by atoms with Gasteiger partial charge in [-0.25, -0.2) is 0 Å². The van der Waals surface area contributed by atoms with Gasteiger partial charge in [0, 0.05) is 33.7 Å². The second-order valence-corrected chi connectivity index (χ2v) is 15.6. The maximum atomic E-state index is 11.5. The van der Waals surface area contributed by atoms with Crippen LogP contribution in [-0.2, 0) is 9.59 Å². The Morgan fingerprint density at radius 3 is 1.88 bits per heavy atom. The normalized spacial score (nSPS) is 15.1. The van der Waals surface area contributed by atoms with E-state index < -0.39 is 17.1 Å². The van der Waals surface area contributed by atoms with Crippen LogP contribution in [0.4, 0.5) is 0 Å². The fraction of sp³-hybridized carbons (Fsp3) is 0.889. The standard InChI is InChI=1S/C18H40N2O3Si2/c1-15(2)17(21)19-9-7-11-24(5)12-14-25(6,23)13-8-10-20-18(22)16(3)4/h15-16,23-24H,7-14H2,1-6H3,(H,19,21)(H,20,22). The Hall–Kier alpha value is -0.666. The zero-order chi connectivity index (χ0) is 19.5. The average Bonchev–Trinajstić information content (AvgIpc) is 2.53. The van der Waals surface area contributed by atoms with E-state index in [1.807, 2.05) is 34.2 Å². The topological polar surface area (TPSA) is 78.4 Å². The fourth-order valence-electron chi connectivity index (χ4n) is 2.58. The highest BCUT2D eigenvalue weighted by atomic mass is 28.4. The van der Waals surface area contributed by atoms with Gasteiger partial charge in [-0.05, 0) is 31.5 Å². The van der Waals surface area contributed by atoms with Gasteiger partial charge in [0.05, 0.1) is 0 Å². The third-order valence-corrected chi connectivity index (χ3v) is 10.6. The van der Waals surface area contributed by atoms with E-state index in [9.17, 15) is 14.4 Å². The molecule has 0 radical (unpaired) electrons. The molecule has 0 saturated heterocycles. The van der Waals surface area contributed by atoms with Crippen LogP contribution in [0.3, 0.4) is 0 Å². The highest BCUT2D eigenvalue weighted by Gasteiger charge is 2.24. The summed E-state index contributed by atoms with van der Waals surface area (Å²) in [5, 5.41) is 5.89. The lowest BCUT2D eigenvalue weighted by Crippen LogP contribution is -2.34. The average molecular weight is 389 g/mol. The summed E-state index contributed by atoms with van der Waals surface area (Å²) in [4.78, 5) is 33.6. The van der Waals surface area contributed by atoms with Crippen molar-refractivity contribution in [3.63, 3.8) is 0 Å². The maximum absolute atomic E-state index is 11.5. The second kappa shape index (κ2) is 12.6. The molecule has 0 aliphatic carbocycles. The zero-order valence-electron chi connectivity index (χ0n) is 17.2. The molecule has 2 amide bonds. The molecule has 0 saturated carbocycles. The van der Waals surface area contributed by atoms with Crippen LogP contribution in [0.5, 0.6) is 0 Å². The van der Waals surface area contributed by atoms with Gasteiger partial charge in [0.1, 0.15) is 0 Å². The van der Waals surface area contributed by atoms with Gasteiger partial charge in [0.15, 0.2) is 8.32 Å². The Labute approximate surface area is 157 Å². The molecule has 0 aliphatic heterocycles. The van der Waals surface area contributed by atoms with Gasteiger partial charge in [-0.1, -0.05) is 46.3 Å². The van der Waals surface area contributed by atoms with Crippen molar-refractivity contribution in [2.24, 2.45) is 11.8 Å². The smallest absolute Gasteiger partial charge is 0.222 e. The van der Waals surface area contributed by atoms with E-state index >= 15 is 0 Å². The molecule has 0 aromatic carbocycles. The summed E-state index contributed by atoms with van der Waals surface area (Å²) >= 11 is 0. The number of carbonyl (C=O) groups excluding carboxylic acids is 2. The largest absolute Gasteiger partial charge is 0.432 e. The monoisotopic (exact) mass is 388 g/mol. The van der Waals surface area contributed by atoms with Gasteiger partial charge < -0.3 is 15.4 Å². The van der Waals surface area contributed by atoms with Gasteiger partial charge in [-0.15, -0.1) is 0 Å². The number of hydrogen-bond donors (Lipinski definition) is 3. The summed E-state index contributed by atoms with van der Waals surface area (Å²) in [5.74, 6) is 0.303. The third kappa shape index (κ3) is 13.2. The Kier molecular flexibility index (Phi) is 12.3. The SMILES string of the molecule is CC(C)C(=O)NCCC[SiH](C)CC[Si](C)(O)CCCNC(=O)C(C)C. The van der Waals surface area contributed by atoms with E-state index in [1.165, 1.54) is 12.1 Å². The molecular weight excluding hydrogens is 348 g/mol. The number of carbonyl (C=O) groups is 2. The summed E-state index contributed by atoms with van der Waals surface area (Å²) in [6.07, 6.45) is 1.92. The molecule has 0 rings (SSSR count). The van der Waals surface area contributed by atoms with E-state index in [4.69, 9.17) is 0 Å². The molecule has 0 heterocycles. The van der Waals surface area contributed by atoms with Crippen molar-refractivity contribution in [2.75, 3.05) is 13.1 Å². The Morgan fingerprint density at radius 1 is 0.920 bits per heavy atom. The third-order valence-electron chi connectivity index (χ3n) is 4.59. The van der Waals surface area contributed by atoms with Crippen molar-refractivity contribution < 1.29 is 14.4 Å². The molecule has 0 spiro atoms. The second-order valence-electron chi connectivity index (χ2n) is 8.28. The van der Waals surface area contributed by atoms with Crippen molar-refractivity contribution >= 4 is 28.9 Å².